The van der Waals surface area contributed by atoms with Crippen LogP contribution in [0.1, 0.15) is 31.1 Å². The molecule has 0 aliphatic heterocycles. The molecule has 0 unspecified atom stereocenters. The van der Waals surface area contributed by atoms with Crippen molar-refractivity contribution < 1.29 is 22.7 Å². The molecule has 1 aromatic heterocycles. The zero-order chi connectivity index (χ0) is 21.2. The molecule has 2 aromatic carbocycles. The molecule has 0 aliphatic rings. The normalized spacial score (nSPS) is 12.0. The molecule has 0 spiro atoms. The van der Waals surface area contributed by atoms with E-state index >= 15 is 0 Å². The fourth-order valence-electron chi connectivity index (χ4n) is 2.53. The first kappa shape index (κ1) is 21.0. The van der Waals surface area contributed by atoms with Gasteiger partial charge >= 0.3 is 5.97 Å². The summed E-state index contributed by atoms with van der Waals surface area (Å²) in [5, 5.41) is 3.17. The topological polar surface area (TPSA) is 89.5 Å². The van der Waals surface area contributed by atoms with Gasteiger partial charge in [0.15, 0.2) is 12.4 Å². The number of rotatable bonds is 6. The molecule has 152 valence electrons. The highest BCUT2D eigenvalue weighted by atomic mass is 32.2. The van der Waals surface area contributed by atoms with Crippen LogP contribution in [0.2, 0.25) is 0 Å². The Labute approximate surface area is 173 Å². The van der Waals surface area contributed by atoms with E-state index in [1.54, 1.807) is 44.4 Å². The smallest absolute Gasteiger partial charge is 0.340 e. The molecule has 0 fully saturated rings. The summed E-state index contributed by atoms with van der Waals surface area (Å²) in [5.74, 6) is -0.996. The lowest BCUT2D eigenvalue weighted by Crippen LogP contribution is -2.26. The molecular formula is C21H21NO5S2. The molecule has 1 N–H and O–H groups in total. The Bertz CT molecular complexity index is 1160. The zero-order valence-electron chi connectivity index (χ0n) is 16.3. The van der Waals surface area contributed by atoms with Crippen LogP contribution in [0.15, 0.2) is 58.1 Å². The van der Waals surface area contributed by atoms with Crippen molar-refractivity contribution in [3.05, 3.63) is 59.5 Å². The number of sulfonamides is 1. The van der Waals surface area contributed by atoms with Gasteiger partial charge in [0.1, 0.15) is 4.21 Å². The molecule has 0 atom stereocenters. The monoisotopic (exact) mass is 431 g/mol. The van der Waals surface area contributed by atoms with Crippen molar-refractivity contribution in [1.29, 1.82) is 0 Å². The number of esters is 1. The van der Waals surface area contributed by atoms with Crippen molar-refractivity contribution in [2.75, 3.05) is 11.3 Å². The van der Waals surface area contributed by atoms with Crippen LogP contribution in [0.5, 0.6) is 0 Å². The second-order valence-corrected chi connectivity index (χ2v) is 10.4. The molecule has 3 rings (SSSR count). The Hall–Kier alpha value is -2.71. The predicted molar refractivity (Wildman–Crippen MR) is 114 cm³/mol. The fraction of sp³-hybridized carbons (Fsp3) is 0.238. The van der Waals surface area contributed by atoms with Crippen LogP contribution in [0.25, 0.3) is 10.8 Å². The lowest BCUT2D eigenvalue weighted by Gasteiger charge is -2.17. The molecule has 0 aliphatic carbocycles. The lowest BCUT2D eigenvalue weighted by molar-refractivity contribution is -0.129. The summed E-state index contributed by atoms with van der Waals surface area (Å²) in [7, 11) is -3.86. The summed E-state index contributed by atoms with van der Waals surface area (Å²) in [6.07, 6.45) is 0. The van der Waals surface area contributed by atoms with Crippen molar-refractivity contribution >= 4 is 49.6 Å². The fourth-order valence-corrected chi connectivity index (χ4v) is 4.59. The van der Waals surface area contributed by atoms with E-state index in [1.807, 2.05) is 24.3 Å². The van der Waals surface area contributed by atoms with Gasteiger partial charge in [0.05, 0.1) is 11.3 Å². The zero-order valence-corrected chi connectivity index (χ0v) is 17.9. The third-order valence-electron chi connectivity index (χ3n) is 4.28. The average molecular weight is 432 g/mol. The maximum Gasteiger partial charge on any atom is 0.340 e. The van der Waals surface area contributed by atoms with Crippen LogP contribution in [-0.4, -0.2) is 26.8 Å². The number of Topliss-reactive ketones (excluding diaryl/α,β-unsaturated/α-hetero) is 1. The van der Waals surface area contributed by atoms with E-state index in [4.69, 9.17) is 4.74 Å². The Balaban J connectivity index is 1.97. The minimum atomic E-state index is -3.86. The molecule has 8 heteroatoms. The van der Waals surface area contributed by atoms with Crippen LogP contribution in [0.4, 0.5) is 5.69 Å². The number of hydrogen-bond acceptors (Lipinski definition) is 6. The van der Waals surface area contributed by atoms with Gasteiger partial charge in [-0.25, -0.2) is 13.2 Å². The Morgan fingerprint density at radius 1 is 1.03 bits per heavy atom. The van der Waals surface area contributed by atoms with Gasteiger partial charge in [0.2, 0.25) is 0 Å². The van der Waals surface area contributed by atoms with Crippen molar-refractivity contribution in [3.8, 4) is 0 Å². The summed E-state index contributed by atoms with van der Waals surface area (Å²) < 4.78 is 33.1. The van der Waals surface area contributed by atoms with E-state index < -0.39 is 21.4 Å². The number of hydrogen-bond donors (Lipinski definition) is 1. The molecule has 3 aromatic rings. The largest absolute Gasteiger partial charge is 0.454 e. The highest BCUT2D eigenvalue weighted by molar-refractivity contribution is 7.94. The third-order valence-corrected chi connectivity index (χ3v) is 7.04. The first-order valence-corrected chi connectivity index (χ1v) is 11.2. The van der Waals surface area contributed by atoms with Gasteiger partial charge in [-0.05, 0) is 34.4 Å². The van der Waals surface area contributed by atoms with Crippen LogP contribution in [-0.2, 0) is 19.6 Å². The molecule has 0 radical (unpaired) electrons. The Kier molecular flexibility index (Phi) is 5.77. The van der Waals surface area contributed by atoms with Gasteiger partial charge in [-0.1, -0.05) is 51.1 Å². The van der Waals surface area contributed by atoms with Crippen molar-refractivity contribution in [2.24, 2.45) is 5.41 Å². The van der Waals surface area contributed by atoms with Crippen molar-refractivity contribution in [3.63, 3.8) is 0 Å². The molecule has 0 amide bonds. The second kappa shape index (κ2) is 7.96. The van der Waals surface area contributed by atoms with Crippen LogP contribution >= 0.6 is 11.3 Å². The molecule has 1 heterocycles. The van der Waals surface area contributed by atoms with Crippen LogP contribution in [0.3, 0.4) is 0 Å². The van der Waals surface area contributed by atoms with Crippen molar-refractivity contribution in [2.45, 2.75) is 25.0 Å². The highest BCUT2D eigenvalue weighted by Crippen LogP contribution is 2.28. The van der Waals surface area contributed by atoms with Crippen LogP contribution in [0, 0.1) is 5.41 Å². The van der Waals surface area contributed by atoms with E-state index in [1.165, 1.54) is 6.07 Å². The van der Waals surface area contributed by atoms with Gasteiger partial charge < -0.3 is 4.74 Å². The number of carbonyl (C=O) groups excluding carboxylic acids is 2. The summed E-state index contributed by atoms with van der Waals surface area (Å²) in [6.45, 7) is 4.83. The predicted octanol–water partition coefficient (Wildman–Crippen LogP) is 4.47. The van der Waals surface area contributed by atoms with Gasteiger partial charge in [-0.2, -0.15) is 0 Å². The first-order valence-electron chi connectivity index (χ1n) is 8.87. The van der Waals surface area contributed by atoms with Crippen molar-refractivity contribution in [1.82, 2.24) is 0 Å². The third kappa shape index (κ3) is 4.83. The number of fused-ring (bicyclic) bond motifs is 1. The minimum absolute atomic E-state index is 0.0468. The number of ether oxygens (including phenoxy) is 1. The van der Waals surface area contributed by atoms with E-state index in [2.05, 4.69) is 4.72 Å². The van der Waals surface area contributed by atoms with Crippen LogP contribution < -0.4 is 4.72 Å². The van der Waals surface area contributed by atoms with Gasteiger partial charge in [-0.3, -0.25) is 9.52 Å². The minimum Gasteiger partial charge on any atom is -0.454 e. The summed E-state index contributed by atoms with van der Waals surface area (Å²) >= 11 is 1.07. The lowest BCUT2D eigenvalue weighted by atomic mass is 9.91. The number of thiophene rings is 1. The number of benzene rings is 2. The van der Waals surface area contributed by atoms with Gasteiger partial charge in [-0.15, -0.1) is 11.3 Å². The highest BCUT2D eigenvalue weighted by Gasteiger charge is 2.25. The molecule has 0 saturated heterocycles. The number of carbonyl (C=O) groups is 2. The number of nitrogens with one attached hydrogen (secondary N) is 1. The number of ketones is 1. The van der Waals surface area contributed by atoms with E-state index in [-0.39, 0.29) is 27.9 Å². The summed E-state index contributed by atoms with van der Waals surface area (Å²) in [5.41, 5.74) is -0.497. The van der Waals surface area contributed by atoms with E-state index in [9.17, 15) is 18.0 Å². The Morgan fingerprint density at radius 3 is 2.28 bits per heavy atom. The van der Waals surface area contributed by atoms with E-state index in [0.717, 1.165) is 22.1 Å². The second-order valence-electron chi connectivity index (χ2n) is 7.53. The molecule has 6 nitrogen and oxygen atoms in total. The molecule has 0 bridgehead atoms. The van der Waals surface area contributed by atoms with E-state index in [0.29, 0.717) is 0 Å². The molecule has 29 heavy (non-hydrogen) atoms. The SMILES string of the molecule is CC(C)(C)C(=O)COC(=O)c1cc2ccccc2cc1NS(=O)(=O)c1cccs1. The maximum absolute atomic E-state index is 12.7. The summed E-state index contributed by atoms with van der Waals surface area (Å²) in [6, 6.07) is 13.5. The quantitative estimate of drug-likeness (QED) is 0.582. The first-order chi connectivity index (χ1) is 13.6. The van der Waals surface area contributed by atoms with Gasteiger partial charge in [0.25, 0.3) is 10.0 Å². The molecular weight excluding hydrogens is 410 g/mol. The number of anilines is 1. The molecule has 0 saturated carbocycles. The maximum atomic E-state index is 12.7. The average Bonchev–Trinajstić information content (AvgIpc) is 3.20. The Morgan fingerprint density at radius 2 is 1.69 bits per heavy atom. The summed E-state index contributed by atoms with van der Waals surface area (Å²) in [4.78, 5) is 24.8. The standard InChI is InChI=1S/C21H21NO5S2/c1-21(2,3)18(23)13-27-20(24)16-11-14-7-4-5-8-15(14)12-17(16)22-29(25,26)19-9-6-10-28-19/h4-12,22H,13H2,1-3H3. The van der Waals surface area contributed by atoms with Gasteiger partial charge in [0, 0.05) is 5.41 Å².